The number of pyridine rings is 1. The van der Waals surface area contributed by atoms with Crippen molar-refractivity contribution in [3.8, 4) is 0 Å². The summed E-state index contributed by atoms with van der Waals surface area (Å²) < 4.78 is 1.62. The van der Waals surface area contributed by atoms with Gasteiger partial charge >= 0.3 is 5.69 Å². The highest BCUT2D eigenvalue weighted by molar-refractivity contribution is 7.98. The van der Waals surface area contributed by atoms with Crippen LogP contribution in [0.15, 0.2) is 28.2 Å². The number of nitrogens with two attached hydrogens (primary N) is 1. The summed E-state index contributed by atoms with van der Waals surface area (Å²) in [5.41, 5.74) is 6.29. The van der Waals surface area contributed by atoms with Crippen LogP contribution in [0.4, 0.5) is 5.82 Å². The van der Waals surface area contributed by atoms with E-state index >= 15 is 0 Å². The summed E-state index contributed by atoms with van der Waals surface area (Å²) in [6, 6.07) is 5.58. The molecule has 96 valence electrons. The number of anilines is 1. The summed E-state index contributed by atoms with van der Waals surface area (Å²) >= 11 is 1.46. The second kappa shape index (κ2) is 5.26. The first kappa shape index (κ1) is 12.7. The van der Waals surface area contributed by atoms with Gasteiger partial charge in [-0.25, -0.2) is 14.9 Å². The van der Waals surface area contributed by atoms with Crippen molar-refractivity contribution in [1.82, 2.24) is 19.7 Å². The number of H-pyrrole nitrogens is 1. The zero-order valence-electron chi connectivity index (χ0n) is 10.3. The van der Waals surface area contributed by atoms with Gasteiger partial charge in [0.2, 0.25) is 0 Å². The van der Waals surface area contributed by atoms with Crippen molar-refractivity contribution in [2.24, 2.45) is 0 Å². The molecule has 0 aromatic carbocycles. The molecule has 0 aliphatic carbocycles. The van der Waals surface area contributed by atoms with Crippen LogP contribution in [0.5, 0.6) is 0 Å². The van der Waals surface area contributed by atoms with E-state index in [0.29, 0.717) is 16.7 Å². The highest BCUT2D eigenvalue weighted by atomic mass is 32.2. The molecule has 0 saturated heterocycles. The zero-order valence-corrected chi connectivity index (χ0v) is 11.1. The predicted molar refractivity (Wildman–Crippen MR) is 71.4 cm³/mol. The molecule has 0 spiro atoms. The van der Waals surface area contributed by atoms with Crippen LogP contribution in [-0.4, -0.2) is 19.7 Å². The number of thioether (sulfide) groups is 1. The number of nitrogens with one attached hydrogen (secondary N) is 1. The van der Waals surface area contributed by atoms with E-state index in [1.807, 2.05) is 26.0 Å². The largest absolute Gasteiger partial charge is 0.384 e. The number of hydrogen-bond acceptors (Lipinski definition) is 5. The minimum Gasteiger partial charge on any atom is -0.384 e. The fourth-order valence-corrected chi connectivity index (χ4v) is 2.55. The van der Waals surface area contributed by atoms with E-state index in [-0.39, 0.29) is 11.7 Å². The Labute approximate surface area is 109 Å². The van der Waals surface area contributed by atoms with Gasteiger partial charge in [0, 0.05) is 11.8 Å². The fourth-order valence-electron chi connectivity index (χ4n) is 1.56. The van der Waals surface area contributed by atoms with Gasteiger partial charge < -0.3 is 5.73 Å². The van der Waals surface area contributed by atoms with Gasteiger partial charge in [0.25, 0.3) is 0 Å². The van der Waals surface area contributed by atoms with Gasteiger partial charge in [-0.05, 0) is 26.0 Å². The molecule has 0 atom stereocenters. The van der Waals surface area contributed by atoms with Crippen molar-refractivity contribution in [2.45, 2.75) is 30.8 Å². The lowest BCUT2D eigenvalue weighted by atomic mass is 10.4. The number of hydrogen-bond donors (Lipinski definition) is 2. The predicted octanol–water partition coefficient (Wildman–Crippen LogP) is 1.42. The molecule has 2 aromatic rings. The molecule has 0 amide bonds. The summed E-state index contributed by atoms with van der Waals surface area (Å²) in [4.78, 5) is 15.7. The molecule has 6 nitrogen and oxygen atoms in total. The summed E-state index contributed by atoms with van der Waals surface area (Å²) in [7, 11) is 0. The molecular formula is C11H15N5OS. The fraction of sp³-hybridized carbons (Fsp3) is 0.364. The van der Waals surface area contributed by atoms with Gasteiger partial charge in [0.1, 0.15) is 5.82 Å². The minimum absolute atomic E-state index is 0.0764. The first-order valence-corrected chi connectivity index (χ1v) is 6.57. The van der Waals surface area contributed by atoms with Gasteiger partial charge in [-0.1, -0.05) is 17.8 Å². The van der Waals surface area contributed by atoms with E-state index in [0.717, 1.165) is 5.69 Å². The van der Waals surface area contributed by atoms with E-state index in [9.17, 15) is 4.79 Å². The highest BCUT2D eigenvalue weighted by Gasteiger charge is 2.11. The molecule has 0 fully saturated rings. The van der Waals surface area contributed by atoms with Crippen molar-refractivity contribution >= 4 is 17.6 Å². The summed E-state index contributed by atoms with van der Waals surface area (Å²) in [6.45, 7) is 3.89. The van der Waals surface area contributed by atoms with E-state index in [4.69, 9.17) is 5.73 Å². The molecule has 0 aliphatic rings. The number of aromatic nitrogens is 4. The first-order chi connectivity index (χ1) is 8.58. The third kappa shape index (κ3) is 2.73. The van der Waals surface area contributed by atoms with Crippen LogP contribution in [0.2, 0.25) is 0 Å². The Kier molecular flexibility index (Phi) is 3.71. The maximum atomic E-state index is 11.5. The molecule has 3 N–H and O–H groups in total. The van der Waals surface area contributed by atoms with Crippen molar-refractivity contribution in [3.63, 3.8) is 0 Å². The Morgan fingerprint density at radius 2 is 2.28 bits per heavy atom. The van der Waals surface area contributed by atoms with Crippen molar-refractivity contribution in [2.75, 3.05) is 5.73 Å². The third-order valence-corrected chi connectivity index (χ3v) is 3.35. The monoisotopic (exact) mass is 265 g/mol. The number of rotatable bonds is 4. The molecule has 0 saturated carbocycles. The average molecular weight is 265 g/mol. The minimum atomic E-state index is -0.187. The van der Waals surface area contributed by atoms with Crippen LogP contribution in [0.25, 0.3) is 0 Å². The smallest absolute Gasteiger partial charge is 0.344 e. The maximum Gasteiger partial charge on any atom is 0.344 e. The molecule has 2 rings (SSSR count). The lowest BCUT2D eigenvalue weighted by Gasteiger charge is -2.08. The van der Waals surface area contributed by atoms with Gasteiger partial charge in [-0.2, -0.15) is 0 Å². The van der Waals surface area contributed by atoms with Gasteiger partial charge in [0.15, 0.2) is 5.16 Å². The Balaban J connectivity index is 2.14. The van der Waals surface area contributed by atoms with Crippen molar-refractivity contribution < 1.29 is 0 Å². The lowest BCUT2D eigenvalue weighted by Crippen LogP contribution is -2.19. The quantitative estimate of drug-likeness (QED) is 0.816. The SMILES string of the molecule is CC(C)n1c(SCc2cccc(N)n2)n[nH]c1=O. The van der Waals surface area contributed by atoms with Crippen LogP contribution in [0.1, 0.15) is 25.6 Å². The average Bonchev–Trinajstić information content (AvgIpc) is 2.68. The first-order valence-electron chi connectivity index (χ1n) is 5.59. The van der Waals surface area contributed by atoms with Crippen LogP contribution in [-0.2, 0) is 5.75 Å². The molecule has 18 heavy (non-hydrogen) atoms. The van der Waals surface area contributed by atoms with Crippen LogP contribution < -0.4 is 11.4 Å². The number of nitrogen functional groups attached to an aromatic ring is 1. The molecular weight excluding hydrogens is 250 g/mol. The number of aromatic amines is 1. The van der Waals surface area contributed by atoms with Gasteiger partial charge in [-0.3, -0.25) is 4.57 Å². The lowest BCUT2D eigenvalue weighted by molar-refractivity contribution is 0.534. The molecule has 7 heteroatoms. The molecule has 0 bridgehead atoms. The van der Waals surface area contributed by atoms with Crippen LogP contribution in [0.3, 0.4) is 0 Å². The topological polar surface area (TPSA) is 89.6 Å². The Morgan fingerprint density at radius 3 is 2.94 bits per heavy atom. The Morgan fingerprint density at radius 1 is 1.50 bits per heavy atom. The zero-order chi connectivity index (χ0) is 13.1. The normalized spacial score (nSPS) is 11.1. The van der Waals surface area contributed by atoms with E-state index in [1.165, 1.54) is 11.8 Å². The standard InChI is InChI=1S/C11H15N5OS/c1-7(2)16-10(17)14-15-11(16)18-6-8-4-3-5-9(12)13-8/h3-5,7H,6H2,1-2H3,(H2,12,13)(H,14,17). The van der Waals surface area contributed by atoms with Crippen LogP contribution >= 0.6 is 11.8 Å². The van der Waals surface area contributed by atoms with E-state index < -0.39 is 0 Å². The van der Waals surface area contributed by atoms with Crippen molar-refractivity contribution in [3.05, 3.63) is 34.4 Å². The molecule has 2 aromatic heterocycles. The van der Waals surface area contributed by atoms with Gasteiger partial charge in [-0.15, -0.1) is 5.10 Å². The van der Waals surface area contributed by atoms with E-state index in [1.54, 1.807) is 10.6 Å². The Hall–Kier alpha value is -1.76. The summed E-state index contributed by atoms with van der Waals surface area (Å²) in [5, 5.41) is 7.13. The van der Waals surface area contributed by atoms with E-state index in [2.05, 4.69) is 15.2 Å². The Bertz CT molecular complexity index is 589. The second-order valence-corrected chi connectivity index (χ2v) is 5.06. The molecule has 0 radical (unpaired) electrons. The molecule has 2 heterocycles. The van der Waals surface area contributed by atoms with Gasteiger partial charge in [0.05, 0.1) is 5.69 Å². The second-order valence-electron chi connectivity index (χ2n) is 4.12. The summed E-state index contributed by atoms with van der Waals surface area (Å²) in [5.74, 6) is 1.12. The number of nitrogens with zero attached hydrogens (tertiary/aromatic N) is 3. The van der Waals surface area contributed by atoms with Crippen LogP contribution in [0, 0.1) is 0 Å². The summed E-state index contributed by atoms with van der Waals surface area (Å²) in [6.07, 6.45) is 0. The molecule has 0 unspecified atom stereocenters. The highest BCUT2D eigenvalue weighted by Crippen LogP contribution is 2.21. The molecule has 0 aliphatic heterocycles. The maximum absolute atomic E-state index is 11.5. The van der Waals surface area contributed by atoms with Crippen molar-refractivity contribution in [1.29, 1.82) is 0 Å². The third-order valence-electron chi connectivity index (χ3n) is 2.37.